The fourth-order valence-corrected chi connectivity index (χ4v) is 3.59. The highest BCUT2D eigenvalue weighted by Gasteiger charge is 2.26. The highest BCUT2D eigenvalue weighted by Crippen LogP contribution is 2.27. The molecule has 1 aliphatic rings. The third-order valence-electron chi connectivity index (χ3n) is 5.01. The second-order valence-electron chi connectivity index (χ2n) is 6.69. The fourth-order valence-electron chi connectivity index (χ4n) is 3.59. The molecule has 0 spiro atoms. The molecule has 5 heteroatoms. The highest BCUT2D eigenvalue weighted by atomic mass is 16.5. The number of primary amides is 1. The molecule has 1 aliphatic heterocycles. The first-order chi connectivity index (χ1) is 12.7. The van der Waals surface area contributed by atoms with Gasteiger partial charge >= 0.3 is 0 Å². The van der Waals surface area contributed by atoms with Crippen molar-refractivity contribution in [3.63, 3.8) is 0 Å². The van der Waals surface area contributed by atoms with Gasteiger partial charge in [-0.3, -0.25) is 9.69 Å². The number of likely N-dealkylation sites (tertiary alicyclic amines) is 1. The number of nitrogens with one attached hydrogen (secondary N) is 1. The number of rotatable bonds is 8. The Bertz CT molecular complexity index is 697. The summed E-state index contributed by atoms with van der Waals surface area (Å²) in [6.07, 6.45) is 2.43. The van der Waals surface area contributed by atoms with Gasteiger partial charge in [0.15, 0.2) is 0 Å². The maximum Gasteiger partial charge on any atom is 0.239 e. The zero-order chi connectivity index (χ0) is 18.4. The van der Waals surface area contributed by atoms with Crippen molar-refractivity contribution in [2.45, 2.75) is 24.9 Å². The Morgan fingerprint density at radius 2 is 1.73 bits per heavy atom. The van der Waals surface area contributed by atoms with Crippen molar-refractivity contribution < 1.29 is 9.53 Å². The first-order valence-corrected chi connectivity index (χ1v) is 9.14. The van der Waals surface area contributed by atoms with E-state index in [1.165, 1.54) is 18.4 Å². The zero-order valence-electron chi connectivity index (χ0n) is 15.2. The lowest BCUT2D eigenvalue weighted by molar-refractivity contribution is -0.120. The molecule has 1 saturated heterocycles. The number of ether oxygens (including phenoxy) is 1. The summed E-state index contributed by atoms with van der Waals surface area (Å²) in [6, 6.07) is 17.5. The summed E-state index contributed by atoms with van der Waals surface area (Å²) >= 11 is 0. The summed E-state index contributed by atoms with van der Waals surface area (Å²) in [5, 5.41) is 3.39. The lowest BCUT2D eigenvalue weighted by Gasteiger charge is -2.30. The Kier molecular flexibility index (Phi) is 6.26. The molecule has 0 saturated carbocycles. The smallest absolute Gasteiger partial charge is 0.239 e. The summed E-state index contributed by atoms with van der Waals surface area (Å²) < 4.78 is 5.27. The van der Waals surface area contributed by atoms with Gasteiger partial charge < -0.3 is 15.8 Å². The molecule has 2 aromatic rings. The maximum atomic E-state index is 12.0. The van der Waals surface area contributed by atoms with E-state index in [4.69, 9.17) is 10.5 Å². The molecule has 1 fully saturated rings. The Balaban J connectivity index is 1.77. The Morgan fingerprint density at radius 1 is 1.08 bits per heavy atom. The molecule has 2 atom stereocenters. The standard InChI is InChI=1S/C21H27N3O2/c1-26-18-11-9-16(10-12-18)19(24-13-5-6-14-24)15-23-20(21(22)25)17-7-3-2-4-8-17/h2-4,7-12,19-20,23H,5-6,13-15H2,1H3,(H2,22,25)/t19-,20+/m1/s1. The predicted molar refractivity (Wildman–Crippen MR) is 103 cm³/mol. The average Bonchev–Trinajstić information content (AvgIpc) is 3.20. The summed E-state index contributed by atoms with van der Waals surface area (Å²) in [5.74, 6) is 0.493. The van der Waals surface area contributed by atoms with Crippen LogP contribution in [-0.4, -0.2) is 37.6 Å². The molecule has 26 heavy (non-hydrogen) atoms. The quantitative estimate of drug-likeness (QED) is 0.766. The fraction of sp³-hybridized carbons (Fsp3) is 0.381. The lowest BCUT2D eigenvalue weighted by atomic mass is 10.0. The van der Waals surface area contributed by atoms with Crippen molar-refractivity contribution in [2.75, 3.05) is 26.7 Å². The van der Waals surface area contributed by atoms with E-state index in [1.54, 1.807) is 7.11 Å². The van der Waals surface area contributed by atoms with E-state index in [0.29, 0.717) is 6.54 Å². The minimum absolute atomic E-state index is 0.203. The van der Waals surface area contributed by atoms with Crippen LogP contribution in [0.5, 0.6) is 5.75 Å². The number of nitrogens with two attached hydrogens (primary N) is 1. The molecular weight excluding hydrogens is 326 g/mol. The molecule has 0 aliphatic carbocycles. The van der Waals surface area contributed by atoms with Crippen LogP contribution >= 0.6 is 0 Å². The summed E-state index contributed by atoms with van der Waals surface area (Å²) in [6.45, 7) is 2.81. The maximum absolute atomic E-state index is 12.0. The Hall–Kier alpha value is -2.37. The second kappa shape index (κ2) is 8.83. The van der Waals surface area contributed by atoms with E-state index in [1.807, 2.05) is 42.5 Å². The van der Waals surface area contributed by atoms with E-state index < -0.39 is 6.04 Å². The van der Waals surface area contributed by atoms with Gasteiger partial charge in [0.1, 0.15) is 11.8 Å². The van der Waals surface area contributed by atoms with Crippen LogP contribution in [0.15, 0.2) is 54.6 Å². The number of nitrogens with zero attached hydrogens (tertiary/aromatic N) is 1. The van der Waals surface area contributed by atoms with E-state index in [0.717, 1.165) is 24.4 Å². The van der Waals surface area contributed by atoms with Crippen LogP contribution in [-0.2, 0) is 4.79 Å². The predicted octanol–water partition coefficient (Wildman–Crippen LogP) is 2.65. The van der Waals surface area contributed by atoms with Gasteiger partial charge in [0.05, 0.1) is 7.11 Å². The molecule has 0 radical (unpaired) electrons. The largest absolute Gasteiger partial charge is 0.497 e. The van der Waals surface area contributed by atoms with Crippen LogP contribution < -0.4 is 15.8 Å². The molecule has 0 bridgehead atoms. The van der Waals surface area contributed by atoms with Gasteiger partial charge in [-0.05, 0) is 49.2 Å². The highest BCUT2D eigenvalue weighted by molar-refractivity contribution is 5.81. The molecule has 2 aromatic carbocycles. The number of carbonyl (C=O) groups excluding carboxylic acids is 1. The van der Waals surface area contributed by atoms with E-state index in [-0.39, 0.29) is 11.9 Å². The molecule has 138 valence electrons. The van der Waals surface area contributed by atoms with Gasteiger partial charge in [0, 0.05) is 12.6 Å². The number of amides is 1. The number of methoxy groups -OCH3 is 1. The zero-order valence-corrected chi connectivity index (χ0v) is 15.2. The van der Waals surface area contributed by atoms with Gasteiger partial charge in [-0.2, -0.15) is 0 Å². The van der Waals surface area contributed by atoms with Gasteiger partial charge in [-0.25, -0.2) is 0 Å². The van der Waals surface area contributed by atoms with Crippen LogP contribution in [0.1, 0.15) is 36.1 Å². The van der Waals surface area contributed by atoms with Crippen LogP contribution in [0.4, 0.5) is 0 Å². The van der Waals surface area contributed by atoms with Gasteiger partial charge in [0.25, 0.3) is 0 Å². The molecule has 1 amide bonds. The molecule has 0 aromatic heterocycles. The monoisotopic (exact) mass is 353 g/mol. The first-order valence-electron chi connectivity index (χ1n) is 9.14. The summed E-state index contributed by atoms with van der Waals surface area (Å²) in [4.78, 5) is 14.5. The minimum atomic E-state index is -0.487. The van der Waals surface area contributed by atoms with E-state index in [2.05, 4.69) is 22.3 Å². The van der Waals surface area contributed by atoms with Crippen LogP contribution in [0.2, 0.25) is 0 Å². The van der Waals surface area contributed by atoms with Gasteiger partial charge in [0.2, 0.25) is 5.91 Å². The van der Waals surface area contributed by atoms with Crippen molar-refractivity contribution in [3.05, 3.63) is 65.7 Å². The molecule has 3 rings (SSSR count). The van der Waals surface area contributed by atoms with Crippen LogP contribution in [0, 0.1) is 0 Å². The molecule has 3 N–H and O–H groups in total. The SMILES string of the molecule is COc1ccc([C@@H](CN[C@H](C(N)=O)c2ccccc2)N2CCCC2)cc1. The third kappa shape index (κ3) is 4.42. The average molecular weight is 353 g/mol. The molecule has 0 unspecified atom stereocenters. The molecule has 1 heterocycles. The van der Waals surface area contributed by atoms with E-state index in [9.17, 15) is 4.79 Å². The first kappa shape index (κ1) is 18.4. The van der Waals surface area contributed by atoms with Crippen molar-refractivity contribution in [1.82, 2.24) is 10.2 Å². The number of carbonyl (C=O) groups is 1. The van der Waals surface area contributed by atoms with Crippen molar-refractivity contribution >= 4 is 5.91 Å². The molecular formula is C21H27N3O2. The lowest BCUT2D eigenvalue weighted by Crippen LogP contribution is -2.40. The van der Waals surface area contributed by atoms with Crippen LogP contribution in [0.3, 0.4) is 0 Å². The van der Waals surface area contributed by atoms with Crippen LogP contribution in [0.25, 0.3) is 0 Å². The summed E-state index contributed by atoms with van der Waals surface area (Å²) in [5.41, 5.74) is 7.77. The number of hydrogen-bond acceptors (Lipinski definition) is 4. The van der Waals surface area contributed by atoms with Crippen molar-refractivity contribution in [2.24, 2.45) is 5.73 Å². The normalized spacial score (nSPS) is 17.0. The number of hydrogen-bond donors (Lipinski definition) is 2. The molecule has 5 nitrogen and oxygen atoms in total. The third-order valence-corrected chi connectivity index (χ3v) is 5.01. The second-order valence-corrected chi connectivity index (χ2v) is 6.69. The summed E-state index contributed by atoms with van der Waals surface area (Å²) in [7, 11) is 1.67. The Labute approximate surface area is 155 Å². The topological polar surface area (TPSA) is 67.6 Å². The van der Waals surface area contributed by atoms with Crippen molar-refractivity contribution in [1.29, 1.82) is 0 Å². The minimum Gasteiger partial charge on any atom is -0.497 e. The number of benzene rings is 2. The van der Waals surface area contributed by atoms with E-state index >= 15 is 0 Å². The van der Waals surface area contributed by atoms with Gasteiger partial charge in [-0.15, -0.1) is 0 Å². The van der Waals surface area contributed by atoms with Crippen molar-refractivity contribution in [3.8, 4) is 5.75 Å². The van der Waals surface area contributed by atoms with Gasteiger partial charge in [-0.1, -0.05) is 42.5 Å². The Morgan fingerprint density at radius 3 is 2.31 bits per heavy atom.